The van der Waals surface area contributed by atoms with Crippen molar-refractivity contribution in [3.8, 4) is 0 Å². The summed E-state index contributed by atoms with van der Waals surface area (Å²) in [5.74, 6) is 0.799. The summed E-state index contributed by atoms with van der Waals surface area (Å²) in [6.45, 7) is 0.752. The van der Waals surface area contributed by atoms with Crippen LogP contribution in [0.1, 0.15) is 31.5 Å². The molecule has 1 radical (unpaired) electrons. The lowest BCUT2D eigenvalue weighted by Gasteiger charge is -1.98. The molecule has 0 bridgehead atoms. The fraction of sp³-hybridized carbons (Fsp3) is 0.667. The Morgan fingerprint density at radius 3 is 2.85 bits per heavy atom. The van der Waals surface area contributed by atoms with Gasteiger partial charge in [-0.3, -0.25) is 0 Å². The van der Waals surface area contributed by atoms with Crippen LogP contribution in [-0.4, -0.2) is 16.7 Å². The number of hydrogen-bond acceptors (Lipinski definition) is 4. The molecule has 0 spiro atoms. The van der Waals surface area contributed by atoms with Gasteiger partial charge >= 0.3 is 0 Å². The highest BCUT2D eigenvalue weighted by Gasteiger charge is 1.97. The van der Waals surface area contributed by atoms with E-state index in [-0.39, 0.29) is 0 Å². The van der Waals surface area contributed by atoms with Crippen molar-refractivity contribution < 1.29 is 9.26 Å². The molecule has 1 heterocycles. The van der Waals surface area contributed by atoms with E-state index in [4.69, 9.17) is 4.74 Å². The molecule has 73 valence electrons. The maximum Gasteiger partial charge on any atom is 0.213 e. The molecule has 0 aliphatic rings. The highest BCUT2D eigenvalue weighted by molar-refractivity contribution is 4.76. The van der Waals surface area contributed by atoms with E-state index in [1.54, 1.807) is 0 Å². The zero-order valence-corrected chi connectivity index (χ0v) is 7.74. The van der Waals surface area contributed by atoms with Gasteiger partial charge in [-0.05, 0) is 12.8 Å². The molecule has 0 amide bonds. The highest BCUT2D eigenvalue weighted by atomic mass is 16.5. The third kappa shape index (κ3) is 4.62. The molecular weight excluding hydrogens is 168 g/mol. The third-order valence-corrected chi connectivity index (χ3v) is 1.85. The summed E-state index contributed by atoms with van der Waals surface area (Å²) in [6.07, 6.45) is 6.81. The summed E-state index contributed by atoms with van der Waals surface area (Å²) < 4.78 is 9.33. The van der Waals surface area contributed by atoms with E-state index in [9.17, 15) is 0 Å². The van der Waals surface area contributed by atoms with E-state index in [1.807, 2.05) is 0 Å². The van der Waals surface area contributed by atoms with Gasteiger partial charge < -0.3 is 9.26 Å². The summed E-state index contributed by atoms with van der Waals surface area (Å²) in [4.78, 5) is 3.94. The largest absolute Gasteiger partial charge is 0.379 e. The van der Waals surface area contributed by atoms with E-state index in [0.717, 1.165) is 31.7 Å². The fourth-order valence-corrected chi connectivity index (χ4v) is 1.14. The Balaban J connectivity index is 1.90. The lowest BCUT2D eigenvalue weighted by molar-refractivity contribution is 0.233. The monoisotopic (exact) mass is 183 g/mol. The molecule has 0 aliphatic carbocycles. The Bertz CT molecular complexity index is 199. The van der Waals surface area contributed by atoms with Crippen LogP contribution in [0.15, 0.2) is 10.9 Å². The van der Waals surface area contributed by atoms with Crippen LogP contribution in [0.25, 0.3) is 0 Å². The number of aromatic nitrogens is 2. The smallest absolute Gasteiger partial charge is 0.213 e. The predicted octanol–water partition coefficient (Wildman–Crippen LogP) is 1.98. The minimum absolute atomic E-state index is 0.752. The van der Waals surface area contributed by atoms with Crippen molar-refractivity contribution in [3.63, 3.8) is 0 Å². The number of unbranched alkanes of at least 4 members (excludes halogenated alkanes) is 3. The van der Waals surface area contributed by atoms with Gasteiger partial charge in [-0.25, -0.2) is 0 Å². The number of nitrogens with zero attached hydrogens (tertiary/aromatic N) is 2. The number of hydrogen-bond donors (Lipinski definition) is 0. The molecule has 0 fully saturated rings. The zero-order chi connectivity index (χ0) is 9.36. The van der Waals surface area contributed by atoms with Crippen LogP contribution in [0.5, 0.6) is 0 Å². The maximum absolute atomic E-state index is 4.70. The fourth-order valence-electron chi connectivity index (χ4n) is 1.14. The Morgan fingerprint density at radius 1 is 1.31 bits per heavy atom. The molecule has 13 heavy (non-hydrogen) atoms. The van der Waals surface area contributed by atoms with Crippen LogP contribution in [0.2, 0.25) is 0 Å². The van der Waals surface area contributed by atoms with Crippen molar-refractivity contribution in [3.05, 3.63) is 19.3 Å². The Kier molecular flexibility index (Phi) is 5.17. The van der Waals surface area contributed by atoms with Crippen molar-refractivity contribution >= 4 is 0 Å². The molecule has 0 N–H and O–H groups in total. The average Bonchev–Trinajstić information content (AvgIpc) is 2.63. The minimum Gasteiger partial charge on any atom is -0.379 e. The SMILES string of the molecule is [CH2]OCCCCCCc1ncon1. The van der Waals surface area contributed by atoms with Crippen LogP contribution in [-0.2, 0) is 11.2 Å². The van der Waals surface area contributed by atoms with Crippen LogP contribution >= 0.6 is 0 Å². The average molecular weight is 183 g/mol. The molecule has 0 atom stereocenters. The maximum atomic E-state index is 4.70. The van der Waals surface area contributed by atoms with E-state index >= 15 is 0 Å². The number of rotatable bonds is 7. The van der Waals surface area contributed by atoms with E-state index < -0.39 is 0 Å². The number of aryl methyl sites for hydroxylation is 1. The molecule has 0 unspecified atom stereocenters. The van der Waals surface area contributed by atoms with Crippen LogP contribution in [0.4, 0.5) is 0 Å². The van der Waals surface area contributed by atoms with Crippen LogP contribution in [0.3, 0.4) is 0 Å². The normalized spacial score (nSPS) is 10.5. The summed E-state index contributed by atoms with van der Waals surface area (Å²) >= 11 is 0. The summed E-state index contributed by atoms with van der Waals surface area (Å²) in [6, 6.07) is 0. The standard InChI is InChI=1S/C9H15N2O2/c1-12-7-5-3-2-4-6-9-10-8-13-11-9/h8H,1-7H2. The second-order valence-corrected chi connectivity index (χ2v) is 2.92. The van der Waals surface area contributed by atoms with Gasteiger partial charge in [0.1, 0.15) is 0 Å². The van der Waals surface area contributed by atoms with Gasteiger partial charge in [0, 0.05) is 13.0 Å². The molecular formula is C9H15N2O2. The van der Waals surface area contributed by atoms with Crippen molar-refractivity contribution in [2.24, 2.45) is 0 Å². The lowest BCUT2D eigenvalue weighted by atomic mass is 10.1. The lowest BCUT2D eigenvalue weighted by Crippen LogP contribution is -1.90. The molecule has 1 rings (SSSR count). The molecule has 0 aliphatic heterocycles. The topological polar surface area (TPSA) is 48.2 Å². The van der Waals surface area contributed by atoms with Gasteiger partial charge in [-0.2, -0.15) is 4.98 Å². The molecule has 0 aromatic carbocycles. The Hall–Kier alpha value is -0.900. The molecule has 0 saturated heterocycles. The molecule has 1 aromatic rings. The first-order valence-corrected chi connectivity index (χ1v) is 4.55. The molecule has 0 saturated carbocycles. The quantitative estimate of drug-likeness (QED) is 0.606. The first kappa shape index (κ1) is 10.2. The van der Waals surface area contributed by atoms with Gasteiger partial charge in [0.05, 0.1) is 7.11 Å². The minimum atomic E-state index is 0.752. The van der Waals surface area contributed by atoms with Gasteiger partial charge in [-0.1, -0.05) is 18.0 Å². The van der Waals surface area contributed by atoms with Crippen molar-refractivity contribution in [2.45, 2.75) is 32.1 Å². The predicted molar refractivity (Wildman–Crippen MR) is 47.8 cm³/mol. The first-order chi connectivity index (χ1) is 6.43. The second-order valence-electron chi connectivity index (χ2n) is 2.92. The first-order valence-electron chi connectivity index (χ1n) is 4.55. The van der Waals surface area contributed by atoms with Crippen LogP contribution in [0, 0.1) is 7.11 Å². The Labute approximate surface area is 78.3 Å². The number of ether oxygens (including phenoxy) is 1. The van der Waals surface area contributed by atoms with E-state index in [2.05, 4.69) is 21.8 Å². The van der Waals surface area contributed by atoms with Crippen LogP contribution < -0.4 is 0 Å². The van der Waals surface area contributed by atoms with Crippen molar-refractivity contribution in [1.29, 1.82) is 0 Å². The van der Waals surface area contributed by atoms with Gasteiger partial charge in [0.25, 0.3) is 0 Å². The zero-order valence-electron chi connectivity index (χ0n) is 7.74. The van der Waals surface area contributed by atoms with E-state index in [0.29, 0.717) is 0 Å². The summed E-state index contributed by atoms with van der Waals surface area (Å²) in [5, 5.41) is 3.73. The summed E-state index contributed by atoms with van der Waals surface area (Å²) in [7, 11) is 3.31. The van der Waals surface area contributed by atoms with Crippen molar-refractivity contribution in [2.75, 3.05) is 6.61 Å². The van der Waals surface area contributed by atoms with Gasteiger partial charge in [0.15, 0.2) is 5.82 Å². The second kappa shape index (κ2) is 6.60. The molecule has 1 aromatic heterocycles. The third-order valence-electron chi connectivity index (χ3n) is 1.85. The highest BCUT2D eigenvalue weighted by Crippen LogP contribution is 2.03. The van der Waals surface area contributed by atoms with Gasteiger partial charge in [0.2, 0.25) is 6.39 Å². The molecule has 4 nitrogen and oxygen atoms in total. The Morgan fingerprint density at radius 2 is 2.15 bits per heavy atom. The summed E-state index contributed by atoms with van der Waals surface area (Å²) in [5.41, 5.74) is 0. The van der Waals surface area contributed by atoms with Gasteiger partial charge in [-0.15, -0.1) is 0 Å². The molecule has 4 heteroatoms. The van der Waals surface area contributed by atoms with Crippen molar-refractivity contribution in [1.82, 2.24) is 10.1 Å². The van der Waals surface area contributed by atoms with E-state index in [1.165, 1.54) is 19.2 Å².